The standard InChI is InChI=1S/C12H21NO2S/c1-4-9(2)10(14)7-13-8-12-11(15-3)5-6-16-12/h5-6,9-10,13-14H,4,7-8H2,1-3H3. The number of rotatable bonds is 7. The maximum atomic E-state index is 9.78. The predicted molar refractivity (Wildman–Crippen MR) is 68.0 cm³/mol. The Morgan fingerprint density at radius 1 is 1.56 bits per heavy atom. The minimum atomic E-state index is -0.268. The van der Waals surface area contributed by atoms with Crippen LogP contribution in [0.5, 0.6) is 5.75 Å². The van der Waals surface area contributed by atoms with Crippen molar-refractivity contribution in [2.24, 2.45) is 5.92 Å². The Bertz CT molecular complexity index is 301. The number of methoxy groups -OCH3 is 1. The van der Waals surface area contributed by atoms with Gasteiger partial charge in [-0.15, -0.1) is 11.3 Å². The van der Waals surface area contributed by atoms with E-state index in [0.29, 0.717) is 12.5 Å². The van der Waals surface area contributed by atoms with Crippen LogP contribution in [0.15, 0.2) is 11.4 Å². The number of aliphatic hydroxyl groups excluding tert-OH is 1. The molecule has 0 fully saturated rings. The molecule has 0 saturated carbocycles. The Labute approximate surface area is 101 Å². The third-order valence-electron chi connectivity index (χ3n) is 2.86. The van der Waals surface area contributed by atoms with Crippen molar-refractivity contribution in [1.82, 2.24) is 5.32 Å². The van der Waals surface area contributed by atoms with E-state index in [1.165, 1.54) is 4.88 Å². The summed E-state index contributed by atoms with van der Waals surface area (Å²) in [6, 6.07) is 1.97. The number of hydrogen-bond donors (Lipinski definition) is 2. The summed E-state index contributed by atoms with van der Waals surface area (Å²) in [6.45, 7) is 5.55. The normalized spacial score (nSPS) is 14.8. The van der Waals surface area contributed by atoms with Crippen molar-refractivity contribution in [2.75, 3.05) is 13.7 Å². The van der Waals surface area contributed by atoms with Crippen molar-refractivity contribution in [2.45, 2.75) is 32.9 Å². The number of ether oxygens (including phenoxy) is 1. The Morgan fingerprint density at radius 3 is 2.94 bits per heavy atom. The van der Waals surface area contributed by atoms with Gasteiger partial charge in [-0.1, -0.05) is 20.3 Å². The zero-order valence-corrected chi connectivity index (χ0v) is 11.0. The molecule has 0 bridgehead atoms. The molecule has 2 unspecified atom stereocenters. The summed E-state index contributed by atoms with van der Waals surface area (Å²) >= 11 is 1.67. The molecule has 3 nitrogen and oxygen atoms in total. The first-order valence-electron chi connectivity index (χ1n) is 5.68. The third kappa shape index (κ3) is 3.77. The van der Waals surface area contributed by atoms with Crippen LogP contribution in [-0.2, 0) is 6.54 Å². The first-order valence-corrected chi connectivity index (χ1v) is 6.56. The highest BCUT2D eigenvalue weighted by molar-refractivity contribution is 7.10. The monoisotopic (exact) mass is 243 g/mol. The Kier molecular flexibility index (Phi) is 5.80. The van der Waals surface area contributed by atoms with Gasteiger partial charge in [-0.05, 0) is 17.4 Å². The highest BCUT2D eigenvalue weighted by Gasteiger charge is 2.12. The van der Waals surface area contributed by atoms with Crippen molar-refractivity contribution in [3.05, 3.63) is 16.3 Å². The Hall–Kier alpha value is -0.580. The summed E-state index contributed by atoms with van der Waals surface area (Å²) in [4.78, 5) is 1.18. The van der Waals surface area contributed by atoms with Gasteiger partial charge in [0.15, 0.2) is 0 Å². The smallest absolute Gasteiger partial charge is 0.134 e. The van der Waals surface area contributed by atoms with Gasteiger partial charge >= 0.3 is 0 Å². The van der Waals surface area contributed by atoms with Crippen molar-refractivity contribution >= 4 is 11.3 Å². The molecule has 0 aliphatic rings. The minimum absolute atomic E-state index is 0.268. The SMILES string of the molecule is CCC(C)C(O)CNCc1sccc1OC. The number of hydrogen-bond acceptors (Lipinski definition) is 4. The maximum absolute atomic E-state index is 9.78. The molecule has 16 heavy (non-hydrogen) atoms. The van der Waals surface area contributed by atoms with Crippen molar-refractivity contribution in [3.63, 3.8) is 0 Å². The molecule has 4 heteroatoms. The molecule has 2 N–H and O–H groups in total. The second kappa shape index (κ2) is 6.89. The van der Waals surface area contributed by atoms with Gasteiger partial charge in [-0.25, -0.2) is 0 Å². The molecule has 1 aromatic heterocycles. The van der Waals surface area contributed by atoms with Crippen molar-refractivity contribution in [1.29, 1.82) is 0 Å². The quantitative estimate of drug-likeness (QED) is 0.772. The van der Waals surface area contributed by atoms with Gasteiger partial charge in [0.1, 0.15) is 5.75 Å². The maximum Gasteiger partial charge on any atom is 0.134 e. The molecule has 0 aromatic carbocycles. The lowest BCUT2D eigenvalue weighted by molar-refractivity contribution is 0.113. The molecule has 92 valence electrons. The number of nitrogens with one attached hydrogen (secondary N) is 1. The highest BCUT2D eigenvalue weighted by Crippen LogP contribution is 2.23. The van der Waals surface area contributed by atoms with E-state index in [-0.39, 0.29) is 6.10 Å². The Morgan fingerprint density at radius 2 is 2.31 bits per heavy atom. The van der Waals surface area contributed by atoms with Gasteiger partial charge in [0.25, 0.3) is 0 Å². The topological polar surface area (TPSA) is 41.5 Å². The second-order valence-corrected chi connectivity index (χ2v) is 5.00. The lowest BCUT2D eigenvalue weighted by Gasteiger charge is -2.17. The Balaban J connectivity index is 2.30. The van der Waals surface area contributed by atoms with E-state index in [2.05, 4.69) is 19.2 Å². The first-order chi connectivity index (χ1) is 7.69. The van der Waals surface area contributed by atoms with Gasteiger partial charge in [0, 0.05) is 13.1 Å². The fraction of sp³-hybridized carbons (Fsp3) is 0.667. The van der Waals surface area contributed by atoms with Gasteiger partial charge < -0.3 is 15.2 Å². The molecule has 1 heterocycles. The lowest BCUT2D eigenvalue weighted by atomic mass is 10.0. The van der Waals surface area contributed by atoms with E-state index >= 15 is 0 Å². The highest BCUT2D eigenvalue weighted by atomic mass is 32.1. The van der Waals surface area contributed by atoms with Gasteiger partial charge in [-0.3, -0.25) is 0 Å². The molecule has 0 aliphatic heterocycles. The fourth-order valence-corrected chi connectivity index (χ4v) is 2.26. The average Bonchev–Trinajstić information content (AvgIpc) is 2.75. The van der Waals surface area contributed by atoms with Crippen LogP contribution in [0.3, 0.4) is 0 Å². The minimum Gasteiger partial charge on any atom is -0.496 e. The third-order valence-corrected chi connectivity index (χ3v) is 3.77. The molecule has 0 radical (unpaired) electrons. The van der Waals surface area contributed by atoms with Gasteiger partial charge in [-0.2, -0.15) is 0 Å². The summed E-state index contributed by atoms with van der Waals surface area (Å²) in [5.41, 5.74) is 0. The van der Waals surface area contributed by atoms with Gasteiger partial charge in [0.05, 0.1) is 18.1 Å². The first kappa shape index (κ1) is 13.5. The molecule has 0 saturated heterocycles. The molecule has 0 aliphatic carbocycles. The van der Waals surface area contributed by atoms with Crippen molar-refractivity contribution < 1.29 is 9.84 Å². The van der Waals surface area contributed by atoms with Crippen LogP contribution in [0.4, 0.5) is 0 Å². The van der Waals surface area contributed by atoms with E-state index in [1.54, 1.807) is 18.4 Å². The van der Waals surface area contributed by atoms with Crippen LogP contribution in [0.2, 0.25) is 0 Å². The van der Waals surface area contributed by atoms with Crippen molar-refractivity contribution in [3.8, 4) is 5.75 Å². The van der Waals surface area contributed by atoms with Crippen LogP contribution >= 0.6 is 11.3 Å². The van der Waals surface area contributed by atoms with Crippen LogP contribution in [0, 0.1) is 5.92 Å². The fourth-order valence-electron chi connectivity index (χ4n) is 1.45. The van der Waals surface area contributed by atoms with E-state index in [9.17, 15) is 5.11 Å². The van der Waals surface area contributed by atoms with Crippen LogP contribution < -0.4 is 10.1 Å². The lowest BCUT2D eigenvalue weighted by Crippen LogP contribution is -2.31. The molecule has 2 atom stereocenters. The van der Waals surface area contributed by atoms with Crippen LogP contribution in [0.25, 0.3) is 0 Å². The molecular weight excluding hydrogens is 222 g/mol. The summed E-state index contributed by atoms with van der Waals surface area (Å²) in [5.74, 6) is 1.27. The molecular formula is C12H21NO2S. The van der Waals surface area contributed by atoms with E-state index in [1.807, 2.05) is 11.4 Å². The number of aliphatic hydroxyl groups is 1. The van der Waals surface area contributed by atoms with E-state index in [4.69, 9.17) is 4.74 Å². The zero-order chi connectivity index (χ0) is 12.0. The zero-order valence-electron chi connectivity index (χ0n) is 10.2. The largest absolute Gasteiger partial charge is 0.496 e. The average molecular weight is 243 g/mol. The summed E-state index contributed by atoms with van der Waals surface area (Å²) in [5, 5.41) is 15.1. The summed E-state index contributed by atoms with van der Waals surface area (Å²) in [7, 11) is 1.68. The van der Waals surface area contributed by atoms with Gasteiger partial charge in [0.2, 0.25) is 0 Å². The van der Waals surface area contributed by atoms with E-state index in [0.717, 1.165) is 18.7 Å². The molecule has 0 spiro atoms. The summed E-state index contributed by atoms with van der Waals surface area (Å²) < 4.78 is 5.22. The predicted octanol–water partition coefficient (Wildman–Crippen LogP) is 2.25. The van der Waals surface area contributed by atoms with E-state index < -0.39 is 0 Å². The number of thiophene rings is 1. The molecule has 0 amide bonds. The molecule has 1 aromatic rings. The van der Waals surface area contributed by atoms with Crippen LogP contribution in [-0.4, -0.2) is 24.9 Å². The van der Waals surface area contributed by atoms with Crippen LogP contribution in [0.1, 0.15) is 25.1 Å². The second-order valence-electron chi connectivity index (χ2n) is 4.00. The molecule has 1 rings (SSSR count). The summed E-state index contributed by atoms with van der Waals surface area (Å²) in [6.07, 6.45) is 0.737.